The van der Waals surface area contributed by atoms with Gasteiger partial charge in [0.25, 0.3) is 10.1 Å². The monoisotopic (exact) mass is 492 g/mol. The Morgan fingerprint density at radius 3 is 1.93 bits per heavy atom. The predicted molar refractivity (Wildman–Crippen MR) is 114 cm³/mol. The van der Waals surface area contributed by atoms with E-state index in [4.69, 9.17) is 46.4 Å². The smallest absolute Gasteiger partial charge is 0.283 e. The molecule has 0 bridgehead atoms. The van der Waals surface area contributed by atoms with Crippen LogP contribution in [0.25, 0.3) is 0 Å². The van der Waals surface area contributed by atoms with E-state index in [2.05, 4.69) is 0 Å². The van der Waals surface area contributed by atoms with Gasteiger partial charge in [0.05, 0.1) is 10.0 Å². The van der Waals surface area contributed by atoms with Gasteiger partial charge in [0.2, 0.25) is 0 Å². The molecule has 29 heavy (non-hydrogen) atoms. The fourth-order valence-electron chi connectivity index (χ4n) is 3.19. The topological polar surface area (TPSA) is 94.8 Å². The minimum atomic E-state index is -5.05. The number of hydrogen-bond donors (Lipinski definition) is 3. The third-order valence-electron chi connectivity index (χ3n) is 4.41. The summed E-state index contributed by atoms with van der Waals surface area (Å²) in [4.78, 5) is 0. The number of phenols is 2. The molecule has 0 fully saturated rings. The van der Waals surface area contributed by atoms with E-state index in [1.54, 1.807) is 18.2 Å². The Balaban J connectivity index is 2.62. The Kier molecular flexibility index (Phi) is 5.98. The lowest BCUT2D eigenvalue weighted by molar-refractivity contribution is 0.455. The average Bonchev–Trinajstić information content (AvgIpc) is 2.65. The number of halogens is 4. The fourth-order valence-corrected chi connectivity index (χ4v) is 5.64. The van der Waals surface area contributed by atoms with Crippen molar-refractivity contribution in [2.75, 3.05) is 0 Å². The van der Waals surface area contributed by atoms with Gasteiger partial charge in [-0.2, -0.15) is 8.42 Å². The minimum absolute atomic E-state index is 0.0646. The van der Waals surface area contributed by atoms with E-state index in [0.29, 0.717) is 0 Å². The summed E-state index contributed by atoms with van der Waals surface area (Å²) < 4.78 is 34.0. The predicted octanol–water partition coefficient (Wildman–Crippen LogP) is 5.89. The van der Waals surface area contributed by atoms with Gasteiger partial charge >= 0.3 is 0 Å². The molecule has 1 atom stereocenters. The normalized spacial score (nSPS) is 13.8. The number of rotatable bonds is 4. The summed E-state index contributed by atoms with van der Waals surface area (Å²) in [6.07, 6.45) is 0. The standard InChI is InChI=1S/C19H12Cl4O5S/c20-14-8-11(24)6-7-12(14)19(29(26,27)28,10-4-2-1-3-5-10)13-9-15(21)17(23)18(25)16(13)22/h1-9,24-25H,(H,26,27,28). The first-order valence-electron chi connectivity index (χ1n) is 7.90. The van der Waals surface area contributed by atoms with E-state index in [9.17, 15) is 23.2 Å². The number of hydrogen-bond acceptors (Lipinski definition) is 4. The van der Waals surface area contributed by atoms with Crippen molar-refractivity contribution in [2.45, 2.75) is 4.75 Å². The van der Waals surface area contributed by atoms with E-state index in [1.807, 2.05) is 0 Å². The summed E-state index contributed by atoms with van der Waals surface area (Å²) in [6, 6.07) is 12.3. The van der Waals surface area contributed by atoms with Gasteiger partial charge in [-0.3, -0.25) is 4.55 Å². The molecule has 5 nitrogen and oxygen atoms in total. The van der Waals surface area contributed by atoms with Crippen molar-refractivity contribution in [3.8, 4) is 11.5 Å². The van der Waals surface area contributed by atoms with Crippen molar-refractivity contribution in [2.24, 2.45) is 0 Å². The molecule has 152 valence electrons. The molecule has 0 heterocycles. The first kappa shape index (κ1) is 22.0. The van der Waals surface area contributed by atoms with E-state index >= 15 is 0 Å². The highest BCUT2D eigenvalue weighted by Crippen LogP contribution is 2.52. The van der Waals surface area contributed by atoms with Crippen LogP contribution in [-0.4, -0.2) is 23.2 Å². The molecule has 3 aromatic carbocycles. The molecule has 0 aliphatic carbocycles. The molecule has 0 amide bonds. The van der Waals surface area contributed by atoms with Gasteiger partial charge in [-0.1, -0.05) is 82.8 Å². The van der Waals surface area contributed by atoms with E-state index in [1.165, 1.54) is 24.3 Å². The van der Waals surface area contributed by atoms with Crippen LogP contribution in [0.1, 0.15) is 16.7 Å². The Hall–Kier alpha value is -1.67. The highest BCUT2D eigenvalue weighted by Gasteiger charge is 2.51. The van der Waals surface area contributed by atoms with Crippen LogP contribution in [0.4, 0.5) is 0 Å². The van der Waals surface area contributed by atoms with Crippen molar-refractivity contribution < 1.29 is 23.2 Å². The summed E-state index contributed by atoms with van der Waals surface area (Å²) in [5.74, 6) is -0.881. The second-order valence-electron chi connectivity index (χ2n) is 6.07. The number of benzene rings is 3. The van der Waals surface area contributed by atoms with Gasteiger partial charge in [0.15, 0.2) is 10.5 Å². The van der Waals surface area contributed by atoms with Gasteiger partial charge in [0.1, 0.15) is 10.8 Å². The van der Waals surface area contributed by atoms with Crippen LogP contribution in [0, 0.1) is 0 Å². The van der Waals surface area contributed by atoms with E-state index in [-0.39, 0.29) is 37.5 Å². The molecule has 0 aliphatic rings. The summed E-state index contributed by atoms with van der Waals surface area (Å²) >= 11 is 24.6. The van der Waals surface area contributed by atoms with E-state index in [0.717, 1.165) is 12.1 Å². The molecule has 1 unspecified atom stereocenters. The molecule has 0 saturated heterocycles. The van der Waals surface area contributed by atoms with Gasteiger partial charge in [-0.05, 0) is 23.8 Å². The molecule has 3 rings (SSSR count). The quantitative estimate of drug-likeness (QED) is 0.239. The van der Waals surface area contributed by atoms with Crippen molar-refractivity contribution >= 4 is 56.5 Å². The van der Waals surface area contributed by atoms with Crippen LogP contribution >= 0.6 is 46.4 Å². The van der Waals surface area contributed by atoms with Gasteiger partial charge in [-0.15, -0.1) is 0 Å². The molecule has 10 heteroatoms. The summed E-state index contributed by atoms with van der Waals surface area (Å²) in [6.45, 7) is 0. The van der Waals surface area contributed by atoms with Crippen LogP contribution < -0.4 is 0 Å². The summed E-state index contributed by atoms with van der Waals surface area (Å²) in [7, 11) is -5.05. The lowest BCUT2D eigenvalue weighted by atomic mass is 9.83. The molecule has 0 aliphatic heterocycles. The molecule has 0 saturated carbocycles. The average molecular weight is 494 g/mol. The molecule has 0 aromatic heterocycles. The third-order valence-corrected chi connectivity index (χ3v) is 7.33. The molecule has 0 spiro atoms. The van der Waals surface area contributed by atoms with Crippen molar-refractivity contribution in [3.63, 3.8) is 0 Å². The fraction of sp³-hybridized carbons (Fsp3) is 0.0526. The van der Waals surface area contributed by atoms with Crippen molar-refractivity contribution in [1.29, 1.82) is 0 Å². The molecular weight excluding hydrogens is 482 g/mol. The van der Waals surface area contributed by atoms with Gasteiger partial charge < -0.3 is 10.2 Å². The van der Waals surface area contributed by atoms with Crippen LogP contribution in [-0.2, 0) is 14.9 Å². The lowest BCUT2D eigenvalue weighted by Gasteiger charge is -2.34. The molecule has 0 radical (unpaired) electrons. The van der Waals surface area contributed by atoms with Crippen molar-refractivity contribution in [1.82, 2.24) is 0 Å². The first-order valence-corrected chi connectivity index (χ1v) is 10.9. The molecular formula is C19H12Cl4O5S. The number of phenolic OH excluding ortho intramolecular Hbond substituents is 2. The Bertz CT molecular complexity index is 1200. The summed E-state index contributed by atoms with van der Waals surface area (Å²) in [5.41, 5.74) is -0.326. The zero-order valence-electron chi connectivity index (χ0n) is 14.3. The Morgan fingerprint density at radius 1 is 0.759 bits per heavy atom. The summed E-state index contributed by atoms with van der Waals surface area (Å²) in [5, 5.41) is 18.9. The van der Waals surface area contributed by atoms with Crippen LogP contribution in [0.3, 0.4) is 0 Å². The third kappa shape index (κ3) is 3.54. The Morgan fingerprint density at radius 2 is 1.38 bits per heavy atom. The second kappa shape index (κ2) is 7.87. The first-order chi connectivity index (χ1) is 13.5. The lowest BCUT2D eigenvalue weighted by Crippen LogP contribution is -2.39. The number of aromatic hydroxyl groups is 2. The highest BCUT2D eigenvalue weighted by molar-refractivity contribution is 7.87. The highest BCUT2D eigenvalue weighted by atomic mass is 35.5. The minimum Gasteiger partial charge on any atom is -0.508 e. The van der Waals surface area contributed by atoms with Crippen LogP contribution in [0.15, 0.2) is 54.6 Å². The molecule has 3 N–H and O–H groups in total. The van der Waals surface area contributed by atoms with E-state index < -0.39 is 25.6 Å². The van der Waals surface area contributed by atoms with Crippen molar-refractivity contribution in [3.05, 3.63) is 91.4 Å². The molecule has 3 aromatic rings. The maximum atomic E-state index is 13.0. The zero-order chi connectivity index (χ0) is 21.6. The zero-order valence-corrected chi connectivity index (χ0v) is 18.1. The van der Waals surface area contributed by atoms with Gasteiger partial charge in [0, 0.05) is 16.1 Å². The van der Waals surface area contributed by atoms with Crippen LogP contribution in [0.2, 0.25) is 20.1 Å². The Labute approximate surface area is 186 Å². The van der Waals surface area contributed by atoms with Crippen LogP contribution in [0.5, 0.6) is 11.5 Å². The maximum absolute atomic E-state index is 13.0. The maximum Gasteiger partial charge on any atom is 0.283 e. The SMILES string of the molecule is O=S(=O)(O)C(c1ccccc1)(c1ccc(O)cc1Cl)c1cc(Cl)c(Cl)c(O)c1Cl. The largest absolute Gasteiger partial charge is 0.508 e. The second-order valence-corrected chi connectivity index (χ2v) is 9.20. The van der Waals surface area contributed by atoms with Gasteiger partial charge in [-0.25, -0.2) is 0 Å².